The van der Waals surface area contributed by atoms with Gasteiger partial charge < -0.3 is 10.1 Å². The van der Waals surface area contributed by atoms with Crippen LogP contribution in [0.4, 0.5) is 8.78 Å². The van der Waals surface area contributed by atoms with Gasteiger partial charge in [0, 0.05) is 6.04 Å². The molecular weight excluding hydrogens is 164 g/mol. The molecule has 0 amide bonds. The van der Waals surface area contributed by atoms with Gasteiger partial charge in [0.25, 0.3) is 6.43 Å². The highest BCUT2D eigenvalue weighted by molar-refractivity contribution is 4.79. The summed E-state index contributed by atoms with van der Waals surface area (Å²) in [6.07, 6.45) is 0.501. The molecule has 1 saturated carbocycles. The van der Waals surface area contributed by atoms with Gasteiger partial charge in [0.2, 0.25) is 0 Å². The fourth-order valence-electron chi connectivity index (χ4n) is 1.56. The van der Waals surface area contributed by atoms with Gasteiger partial charge in [-0.3, -0.25) is 0 Å². The molecule has 0 aliphatic heterocycles. The molecule has 0 spiro atoms. The van der Waals surface area contributed by atoms with Crippen molar-refractivity contribution in [1.82, 2.24) is 5.32 Å². The molecule has 1 aliphatic rings. The molecular formula is C8H15F2NO. The molecule has 0 bridgehead atoms. The van der Waals surface area contributed by atoms with Gasteiger partial charge in [-0.2, -0.15) is 0 Å². The summed E-state index contributed by atoms with van der Waals surface area (Å²) in [6.45, 7) is -0.416. The van der Waals surface area contributed by atoms with E-state index >= 15 is 0 Å². The third-order valence-electron chi connectivity index (χ3n) is 2.25. The molecule has 1 aliphatic carbocycles. The van der Waals surface area contributed by atoms with Crippen molar-refractivity contribution in [2.24, 2.45) is 0 Å². The van der Waals surface area contributed by atoms with E-state index in [1.54, 1.807) is 0 Å². The smallest absolute Gasteiger partial charge is 0.261 e. The van der Waals surface area contributed by atoms with Crippen molar-refractivity contribution in [3.05, 3.63) is 0 Å². The van der Waals surface area contributed by atoms with Gasteiger partial charge in [-0.05, 0) is 26.3 Å². The Labute approximate surface area is 71.3 Å². The lowest BCUT2D eigenvalue weighted by molar-refractivity contribution is -0.0216. The van der Waals surface area contributed by atoms with E-state index in [4.69, 9.17) is 4.74 Å². The Morgan fingerprint density at radius 3 is 2.75 bits per heavy atom. The van der Waals surface area contributed by atoms with Crippen LogP contribution in [0, 0.1) is 0 Å². The number of alkyl halides is 2. The molecule has 2 atom stereocenters. The van der Waals surface area contributed by atoms with E-state index in [2.05, 4.69) is 5.32 Å². The Bertz CT molecular complexity index is 132. The maximum atomic E-state index is 11.7. The van der Waals surface area contributed by atoms with E-state index in [0.29, 0.717) is 6.04 Å². The number of nitrogens with one attached hydrogen (secondary N) is 1. The second-order valence-electron chi connectivity index (χ2n) is 3.15. The van der Waals surface area contributed by atoms with Crippen LogP contribution in [0.3, 0.4) is 0 Å². The highest BCUT2D eigenvalue weighted by Gasteiger charge is 2.24. The summed E-state index contributed by atoms with van der Waals surface area (Å²) in [6, 6.07) is 0.452. The zero-order chi connectivity index (χ0) is 8.97. The SMILES string of the molecule is CNC1CCC(OCC(F)F)C1. The minimum atomic E-state index is -2.33. The second-order valence-corrected chi connectivity index (χ2v) is 3.15. The monoisotopic (exact) mass is 179 g/mol. The predicted molar refractivity (Wildman–Crippen MR) is 42.4 cm³/mol. The predicted octanol–water partition coefficient (Wildman–Crippen LogP) is 1.41. The Hall–Kier alpha value is -0.220. The Morgan fingerprint density at radius 2 is 2.25 bits per heavy atom. The average molecular weight is 179 g/mol. The topological polar surface area (TPSA) is 21.3 Å². The first kappa shape index (κ1) is 9.86. The lowest BCUT2D eigenvalue weighted by atomic mass is 10.2. The normalized spacial score (nSPS) is 30.0. The first-order valence-electron chi connectivity index (χ1n) is 4.29. The molecule has 0 heterocycles. The molecule has 1 N–H and O–H groups in total. The molecule has 2 unspecified atom stereocenters. The maximum absolute atomic E-state index is 11.7. The molecule has 72 valence electrons. The van der Waals surface area contributed by atoms with Crippen LogP contribution < -0.4 is 5.32 Å². The lowest BCUT2D eigenvalue weighted by Crippen LogP contribution is -2.23. The van der Waals surface area contributed by atoms with Gasteiger partial charge in [-0.15, -0.1) is 0 Å². The van der Waals surface area contributed by atoms with Crippen molar-refractivity contribution < 1.29 is 13.5 Å². The van der Waals surface area contributed by atoms with Gasteiger partial charge in [0.1, 0.15) is 6.61 Å². The van der Waals surface area contributed by atoms with E-state index in [1.807, 2.05) is 7.05 Å². The van der Waals surface area contributed by atoms with Gasteiger partial charge in [-0.25, -0.2) is 8.78 Å². The van der Waals surface area contributed by atoms with E-state index < -0.39 is 13.0 Å². The van der Waals surface area contributed by atoms with Gasteiger partial charge in [0.05, 0.1) is 6.10 Å². The molecule has 4 heteroatoms. The Kier molecular flexibility index (Phi) is 3.88. The summed E-state index contributed by atoms with van der Waals surface area (Å²) in [5, 5.41) is 3.11. The van der Waals surface area contributed by atoms with Crippen LogP contribution in [-0.4, -0.2) is 32.2 Å². The van der Waals surface area contributed by atoms with Crippen LogP contribution in [-0.2, 0) is 4.74 Å². The first-order valence-corrected chi connectivity index (χ1v) is 4.29. The molecule has 0 aromatic heterocycles. The summed E-state index contributed by atoms with van der Waals surface area (Å²) in [4.78, 5) is 0. The molecule has 0 radical (unpaired) electrons. The van der Waals surface area contributed by atoms with Crippen molar-refractivity contribution in [3.63, 3.8) is 0 Å². The Balaban J connectivity index is 2.11. The van der Waals surface area contributed by atoms with E-state index in [0.717, 1.165) is 19.3 Å². The molecule has 1 rings (SSSR count). The maximum Gasteiger partial charge on any atom is 0.261 e. The lowest BCUT2D eigenvalue weighted by Gasteiger charge is -2.11. The molecule has 12 heavy (non-hydrogen) atoms. The molecule has 0 saturated heterocycles. The molecule has 1 fully saturated rings. The summed E-state index contributed by atoms with van der Waals surface area (Å²) in [5.74, 6) is 0. The number of halogens is 2. The van der Waals surface area contributed by atoms with Crippen LogP contribution in [0.15, 0.2) is 0 Å². The van der Waals surface area contributed by atoms with E-state index in [9.17, 15) is 8.78 Å². The fraction of sp³-hybridized carbons (Fsp3) is 1.00. The number of hydrogen-bond acceptors (Lipinski definition) is 2. The summed E-state index contributed by atoms with van der Waals surface area (Å²) < 4.78 is 28.5. The van der Waals surface area contributed by atoms with Crippen LogP contribution in [0.5, 0.6) is 0 Å². The number of ether oxygens (including phenoxy) is 1. The minimum absolute atomic E-state index is 0.0384. The van der Waals surface area contributed by atoms with Crippen molar-refractivity contribution in [2.45, 2.75) is 37.8 Å². The Morgan fingerprint density at radius 1 is 1.50 bits per heavy atom. The first-order chi connectivity index (χ1) is 5.72. The standard InChI is InChI=1S/C8H15F2NO/c1-11-6-2-3-7(4-6)12-5-8(9)10/h6-8,11H,2-5H2,1H3. The van der Waals surface area contributed by atoms with Gasteiger partial charge in [-0.1, -0.05) is 0 Å². The largest absolute Gasteiger partial charge is 0.372 e. The van der Waals surface area contributed by atoms with E-state index in [-0.39, 0.29) is 6.10 Å². The quantitative estimate of drug-likeness (QED) is 0.704. The fourth-order valence-corrected chi connectivity index (χ4v) is 1.56. The number of hydrogen-bond donors (Lipinski definition) is 1. The van der Waals surface area contributed by atoms with Crippen LogP contribution >= 0.6 is 0 Å². The summed E-state index contributed by atoms with van der Waals surface area (Å²) in [7, 11) is 1.89. The zero-order valence-corrected chi connectivity index (χ0v) is 7.22. The highest BCUT2D eigenvalue weighted by atomic mass is 19.3. The van der Waals surface area contributed by atoms with Crippen LogP contribution in [0.1, 0.15) is 19.3 Å². The third-order valence-corrected chi connectivity index (χ3v) is 2.25. The molecule has 0 aromatic rings. The van der Waals surface area contributed by atoms with Crippen molar-refractivity contribution in [2.75, 3.05) is 13.7 Å². The van der Waals surface area contributed by atoms with E-state index in [1.165, 1.54) is 0 Å². The van der Waals surface area contributed by atoms with Crippen molar-refractivity contribution in [1.29, 1.82) is 0 Å². The third kappa shape index (κ3) is 3.03. The summed E-state index contributed by atoms with van der Waals surface area (Å²) >= 11 is 0. The zero-order valence-electron chi connectivity index (χ0n) is 7.22. The van der Waals surface area contributed by atoms with Gasteiger partial charge in [0.15, 0.2) is 0 Å². The van der Waals surface area contributed by atoms with Crippen LogP contribution in [0.2, 0.25) is 0 Å². The molecule has 0 aromatic carbocycles. The second kappa shape index (κ2) is 4.72. The minimum Gasteiger partial charge on any atom is -0.372 e. The van der Waals surface area contributed by atoms with Crippen LogP contribution in [0.25, 0.3) is 0 Å². The summed E-state index contributed by atoms with van der Waals surface area (Å²) in [5.41, 5.74) is 0. The van der Waals surface area contributed by atoms with Gasteiger partial charge >= 0.3 is 0 Å². The molecule has 2 nitrogen and oxygen atoms in total. The highest BCUT2D eigenvalue weighted by Crippen LogP contribution is 2.21. The number of rotatable bonds is 4. The van der Waals surface area contributed by atoms with Crippen molar-refractivity contribution >= 4 is 0 Å². The average Bonchev–Trinajstić information content (AvgIpc) is 2.48. The van der Waals surface area contributed by atoms with Crippen molar-refractivity contribution in [3.8, 4) is 0 Å².